The summed E-state index contributed by atoms with van der Waals surface area (Å²) in [7, 11) is 0. The van der Waals surface area contributed by atoms with Crippen molar-refractivity contribution in [1.29, 1.82) is 5.41 Å². The number of amides is 1. The Hall–Kier alpha value is -3.26. The number of rotatable bonds is 5. The smallest absolute Gasteiger partial charge is 0.256 e. The molecule has 0 spiro atoms. The molecule has 1 amide bonds. The molecule has 4 rings (SSSR count). The Balaban J connectivity index is 1.61. The van der Waals surface area contributed by atoms with Crippen molar-refractivity contribution in [3.05, 3.63) is 52.5 Å². The van der Waals surface area contributed by atoms with Gasteiger partial charge in [0.2, 0.25) is 11.6 Å². The molecule has 1 saturated heterocycles. The van der Waals surface area contributed by atoms with Crippen LogP contribution in [0.2, 0.25) is 5.02 Å². The van der Waals surface area contributed by atoms with E-state index in [1.54, 1.807) is 6.07 Å². The van der Waals surface area contributed by atoms with Crippen LogP contribution in [0.25, 0.3) is 11.2 Å². The number of pyridine rings is 1. The fraction of sp³-hybridized carbons (Fsp3) is 0.318. The quantitative estimate of drug-likeness (QED) is 0.445. The molecule has 0 saturated carbocycles. The minimum absolute atomic E-state index is 0.0229. The van der Waals surface area contributed by atoms with Crippen LogP contribution in [0.4, 0.5) is 5.69 Å². The van der Waals surface area contributed by atoms with Gasteiger partial charge < -0.3 is 14.7 Å². The molecule has 3 aromatic rings. The van der Waals surface area contributed by atoms with Gasteiger partial charge in [0, 0.05) is 25.0 Å². The third kappa shape index (κ3) is 4.44. The van der Waals surface area contributed by atoms with E-state index in [2.05, 4.69) is 27.4 Å². The van der Waals surface area contributed by atoms with Crippen LogP contribution in [0.5, 0.6) is 0 Å². The normalized spacial score (nSPS) is 19.1. The van der Waals surface area contributed by atoms with Crippen molar-refractivity contribution in [3.63, 3.8) is 0 Å². The number of nitrogens with zero attached hydrogens (tertiary/aromatic N) is 4. The van der Waals surface area contributed by atoms with E-state index in [1.165, 1.54) is 12.4 Å². The maximum Gasteiger partial charge on any atom is 0.256 e. The Morgan fingerprint density at radius 3 is 3.03 bits per heavy atom. The highest BCUT2D eigenvalue weighted by Gasteiger charge is 2.33. The minimum Gasteiger partial charge on any atom is -0.422 e. The number of aryl methyl sites for hydroxylation is 1. The van der Waals surface area contributed by atoms with Crippen LogP contribution in [0.3, 0.4) is 0 Å². The summed E-state index contributed by atoms with van der Waals surface area (Å²) < 4.78 is 5.87. The first-order valence-electron chi connectivity index (χ1n) is 10.1. The number of carbonyl (C=O) groups excluding carboxylic acids is 1. The number of fused-ring (bicyclic) bond motifs is 1. The molecule has 2 N–H and O–H groups in total. The molecule has 0 unspecified atom stereocenters. The number of anilines is 1. The SMILES string of the molecule is Cc1ccc(N/N=C\C=N)c(C(=O)N2C[C@H](c3nc4cc(Cl)cnc4o3)CC[C@H]2C)c1. The number of piperidine rings is 1. The van der Waals surface area contributed by atoms with E-state index in [1.807, 2.05) is 30.0 Å². The van der Waals surface area contributed by atoms with Crippen LogP contribution >= 0.6 is 11.6 Å². The van der Waals surface area contributed by atoms with Crippen LogP contribution < -0.4 is 5.43 Å². The summed E-state index contributed by atoms with van der Waals surface area (Å²) in [6, 6.07) is 7.40. The zero-order valence-electron chi connectivity index (χ0n) is 17.3. The van der Waals surface area contributed by atoms with Crippen molar-refractivity contribution in [3.8, 4) is 0 Å². The molecule has 1 fully saturated rings. The Morgan fingerprint density at radius 2 is 2.23 bits per heavy atom. The number of nitrogens with one attached hydrogen (secondary N) is 2. The Kier molecular flexibility index (Phi) is 5.99. The second-order valence-corrected chi connectivity index (χ2v) is 8.15. The molecule has 1 aliphatic heterocycles. The Morgan fingerprint density at radius 1 is 1.39 bits per heavy atom. The fourth-order valence-corrected chi connectivity index (χ4v) is 3.96. The molecular formula is C22H23ClN6O2. The predicted molar refractivity (Wildman–Crippen MR) is 121 cm³/mol. The van der Waals surface area contributed by atoms with E-state index in [0.717, 1.165) is 24.6 Å². The van der Waals surface area contributed by atoms with E-state index < -0.39 is 0 Å². The van der Waals surface area contributed by atoms with Gasteiger partial charge in [0.25, 0.3) is 5.91 Å². The largest absolute Gasteiger partial charge is 0.422 e. The number of hydrazone groups is 1. The molecule has 3 heterocycles. The van der Waals surface area contributed by atoms with Gasteiger partial charge in [0.1, 0.15) is 5.52 Å². The van der Waals surface area contributed by atoms with Gasteiger partial charge in [-0.05, 0) is 44.9 Å². The molecule has 160 valence electrons. The van der Waals surface area contributed by atoms with Crippen molar-refractivity contribution >= 4 is 46.9 Å². The highest BCUT2D eigenvalue weighted by molar-refractivity contribution is 6.30. The number of hydrogen-bond donors (Lipinski definition) is 2. The van der Waals surface area contributed by atoms with Gasteiger partial charge in [-0.2, -0.15) is 5.10 Å². The van der Waals surface area contributed by atoms with Gasteiger partial charge in [-0.15, -0.1) is 0 Å². The first-order chi connectivity index (χ1) is 15.0. The van der Waals surface area contributed by atoms with Crippen molar-refractivity contribution in [2.75, 3.05) is 12.0 Å². The van der Waals surface area contributed by atoms with E-state index in [9.17, 15) is 4.79 Å². The molecule has 0 radical (unpaired) electrons. The zero-order chi connectivity index (χ0) is 22.0. The molecule has 1 aromatic carbocycles. The van der Waals surface area contributed by atoms with Crippen LogP contribution in [-0.2, 0) is 0 Å². The lowest BCUT2D eigenvalue weighted by Gasteiger charge is -2.37. The fourth-order valence-electron chi connectivity index (χ4n) is 3.81. The predicted octanol–water partition coefficient (Wildman–Crippen LogP) is 4.64. The summed E-state index contributed by atoms with van der Waals surface area (Å²) in [4.78, 5) is 24.1. The average molecular weight is 439 g/mol. The van der Waals surface area contributed by atoms with E-state index in [4.69, 9.17) is 21.4 Å². The Bertz CT molecular complexity index is 1160. The van der Waals surface area contributed by atoms with Gasteiger partial charge in [0.15, 0.2) is 0 Å². The first kappa shape index (κ1) is 21.0. The monoisotopic (exact) mass is 438 g/mol. The number of aromatic nitrogens is 2. The maximum atomic E-state index is 13.5. The third-order valence-corrected chi connectivity index (χ3v) is 5.67. The topological polar surface area (TPSA) is 107 Å². The standard InChI is InChI=1S/C22H23ClN6O2/c1-13-3-6-18(28-26-8-7-24)17(9-13)22(30)29-12-15(5-4-14(29)2)20-27-19-10-16(23)11-25-21(19)31-20/h3,6-11,14-15,24,28H,4-5,12H2,1-2H3/b24-7?,26-8-/t14-,15-/m1/s1. The molecule has 2 atom stereocenters. The maximum absolute atomic E-state index is 13.5. The molecular weight excluding hydrogens is 416 g/mol. The van der Waals surface area contributed by atoms with Crippen LogP contribution in [0.1, 0.15) is 47.5 Å². The van der Waals surface area contributed by atoms with Gasteiger partial charge in [0.05, 0.1) is 28.4 Å². The lowest BCUT2D eigenvalue weighted by Crippen LogP contribution is -2.45. The van der Waals surface area contributed by atoms with Crippen molar-refractivity contribution in [2.24, 2.45) is 5.10 Å². The lowest BCUT2D eigenvalue weighted by atomic mass is 9.92. The van der Waals surface area contributed by atoms with Gasteiger partial charge in [-0.3, -0.25) is 10.2 Å². The summed E-state index contributed by atoms with van der Waals surface area (Å²) >= 11 is 6.01. The molecule has 9 heteroatoms. The van der Waals surface area contributed by atoms with Crippen LogP contribution in [-0.4, -0.2) is 45.8 Å². The van der Waals surface area contributed by atoms with Crippen LogP contribution in [0, 0.1) is 12.3 Å². The van der Waals surface area contributed by atoms with E-state index >= 15 is 0 Å². The van der Waals surface area contributed by atoms with Gasteiger partial charge in [-0.25, -0.2) is 9.97 Å². The highest BCUT2D eigenvalue weighted by atomic mass is 35.5. The summed E-state index contributed by atoms with van der Waals surface area (Å²) in [6.45, 7) is 4.50. The van der Waals surface area contributed by atoms with Gasteiger partial charge >= 0.3 is 0 Å². The van der Waals surface area contributed by atoms with Crippen LogP contribution in [0.15, 0.2) is 40.0 Å². The van der Waals surface area contributed by atoms with Crippen molar-refractivity contribution < 1.29 is 9.21 Å². The summed E-state index contributed by atoms with van der Waals surface area (Å²) in [5, 5.41) is 11.5. The third-order valence-electron chi connectivity index (χ3n) is 5.46. The first-order valence-corrected chi connectivity index (χ1v) is 10.5. The summed E-state index contributed by atoms with van der Waals surface area (Å²) in [5.74, 6) is 0.476. The summed E-state index contributed by atoms with van der Waals surface area (Å²) in [5.41, 5.74) is 6.05. The highest BCUT2D eigenvalue weighted by Crippen LogP contribution is 2.33. The number of likely N-dealkylation sites (tertiary alicyclic amines) is 1. The van der Waals surface area contributed by atoms with Crippen molar-refractivity contribution in [2.45, 2.75) is 38.6 Å². The van der Waals surface area contributed by atoms with Gasteiger partial charge in [-0.1, -0.05) is 23.2 Å². The minimum atomic E-state index is -0.0780. The number of hydrogen-bond acceptors (Lipinski definition) is 7. The molecule has 2 aromatic heterocycles. The lowest BCUT2D eigenvalue weighted by molar-refractivity contribution is 0.0598. The summed E-state index contributed by atoms with van der Waals surface area (Å²) in [6.07, 6.45) is 5.63. The van der Waals surface area contributed by atoms with E-state index in [-0.39, 0.29) is 17.9 Å². The van der Waals surface area contributed by atoms with Crippen molar-refractivity contribution in [1.82, 2.24) is 14.9 Å². The number of oxazole rings is 1. The zero-order valence-corrected chi connectivity index (χ0v) is 18.1. The number of halogens is 1. The molecule has 8 nitrogen and oxygen atoms in total. The molecule has 0 aliphatic carbocycles. The Labute approximate surface area is 184 Å². The number of benzene rings is 1. The van der Waals surface area contributed by atoms with E-state index in [0.29, 0.717) is 39.9 Å². The second kappa shape index (κ2) is 8.85. The average Bonchev–Trinajstić information content (AvgIpc) is 3.18. The second-order valence-electron chi connectivity index (χ2n) is 7.72. The molecule has 31 heavy (non-hydrogen) atoms. The number of carbonyl (C=O) groups is 1. The molecule has 0 bridgehead atoms. The molecule has 1 aliphatic rings.